The standard InChI is InChI=1S/C22H25F2N3O4/c1-31-20-17-12(19(28)13(21(29)30)9-27(17)16-7-14(16)23)6-15(24)18(20)26-8-11-4-2-3-5-22(11,25)10-26/h6,9,11,14,16H,2-5,7-8,10,25H2,1H3,(H,29,30)/t11-,14-,16+,22+/m0/s1. The van der Waals surface area contributed by atoms with Gasteiger partial charge in [-0.1, -0.05) is 12.8 Å². The number of pyridine rings is 1. The number of hydrogen-bond acceptors (Lipinski definition) is 5. The van der Waals surface area contributed by atoms with Crippen molar-refractivity contribution in [1.29, 1.82) is 0 Å². The summed E-state index contributed by atoms with van der Waals surface area (Å²) >= 11 is 0. The van der Waals surface area contributed by atoms with Crippen molar-refractivity contribution in [1.82, 2.24) is 4.57 Å². The molecule has 0 unspecified atom stereocenters. The van der Waals surface area contributed by atoms with E-state index in [4.69, 9.17) is 10.5 Å². The Hall–Kier alpha value is -2.68. The highest BCUT2D eigenvalue weighted by atomic mass is 19.1. The number of aromatic nitrogens is 1. The molecule has 2 aliphatic carbocycles. The summed E-state index contributed by atoms with van der Waals surface area (Å²) in [4.78, 5) is 26.3. The molecule has 7 nitrogen and oxygen atoms in total. The van der Waals surface area contributed by atoms with E-state index in [2.05, 4.69) is 0 Å². The summed E-state index contributed by atoms with van der Waals surface area (Å²) in [6.45, 7) is 1.03. The van der Waals surface area contributed by atoms with Crippen LogP contribution in [0.25, 0.3) is 10.9 Å². The predicted octanol–water partition coefficient (Wildman–Crippen LogP) is 2.84. The molecule has 3 aliphatic rings. The molecule has 2 aromatic rings. The zero-order valence-corrected chi connectivity index (χ0v) is 17.2. The van der Waals surface area contributed by atoms with Gasteiger partial charge in [-0.15, -0.1) is 0 Å². The van der Waals surface area contributed by atoms with Crippen molar-refractivity contribution in [2.24, 2.45) is 11.7 Å². The van der Waals surface area contributed by atoms with Gasteiger partial charge in [0.05, 0.1) is 24.1 Å². The van der Waals surface area contributed by atoms with E-state index in [1.165, 1.54) is 11.7 Å². The number of carbonyl (C=O) groups is 1. The van der Waals surface area contributed by atoms with Crippen molar-refractivity contribution in [3.8, 4) is 5.75 Å². The maximum atomic E-state index is 15.4. The summed E-state index contributed by atoms with van der Waals surface area (Å²) in [5.74, 6) is -1.76. The van der Waals surface area contributed by atoms with Gasteiger partial charge in [-0.3, -0.25) is 4.79 Å². The summed E-state index contributed by atoms with van der Waals surface area (Å²) in [5, 5.41) is 9.30. The van der Waals surface area contributed by atoms with Crippen molar-refractivity contribution < 1.29 is 23.4 Å². The summed E-state index contributed by atoms with van der Waals surface area (Å²) in [6.07, 6.45) is 4.15. The van der Waals surface area contributed by atoms with Gasteiger partial charge in [0.25, 0.3) is 0 Å². The van der Waals surface area contributed by atoms with Crippen molar-refractivity contribution in [2.75, 3.05) is 25.1 Å². The van der Waals surface area contributed by atoms with Crippen LogP contribution in [0.4, 0.5) is 14.5 Å². The molecule has 1 aromatic heterocycles. The Balaban J connectivity index is 1.74. The van der Waals surface area contributed by atoms with E-state index in [9.17, 15) is 19.1 Å². The number of carboxylic acid groups (broad SMARTS) is 1. The quantitative estimate of drug-likeness (QED) is 0.770. The lowest BCUT2D eigenvalue weighted by Gasteiger charge is -2.34. The Kier molecular flexibility index (Phi) is 4.51. The molecular weight excluding hydrogens is 408 g/mol. The number of anilines is 1. The average Bonchev–Trinajstić information content (AvgIpc) is 3.33. The lowest BCUT2D eigenvalue weighted by Crippen LogP contribution is -2.49. The molecule has 5 rings (SSSR count). The number of fused-ring (bicyclic) bond motifs is 2. The second kappa shape index (κ2) is 6.91. The van der Waals surface area contributed by atoms with Crippen LogP contribution < -0.4 is 20.8 Å². The van der Waals surface area contributed by atoms with Crippen LogP contribution in [0, 0.1) is 11.7 Å². The number of carboxylic acids is 1. The van der Waals surface area contributed by atoms with Crippen LogP contribution in [0.15, 0.2) is 17.1 Å². The van der Waals surface area contributed by atoms with Gasteiger partial charge in [0, 0.05) is 31.2 Å². The fourth-order valence-electron chi connectivity index (χ4n) is 5.46. The van der Waals surface area contributed by atoms with Crippen LogP contribution in [0.5, 0.6) is 5.75 Å². The largest absolute Gasteiger partial charge is 0.492 e. The van der Waals surface area contributed by atoms with E-state index >= 15 is 4.39 Å². The van der Waals surface area contributed by atoms with Gasteiger partial charge in [-0.2, -0.15) is 0 Å². The zero-order chi connectivity index (χ0) is 22.1. The maximum Gasteiger partial charge on any atom is 0.341 e. The molecule has 0 spiro atoms. The first-order valence-corrected chi connectivity index (χ1v) is 10.6. The molecule has 0 amide bonds. The molecule has 1 saturated heterocycles. The van der Waals surface area contributed by atoms with Crippen LogP contribution in [-0.2, 0) is 0 Å². The van der Waals surface area contributed by atoms with E-state index in [-0.39, 0.29) is 34.7 Å². The number of rotatable bonds is 4. The topological polar surface area (TPSA) is 97.8 Å². The van der Waals surface area contributed by atoms with Crippen molar-refractivity contribution in [3.05, 3.63) is 33.9 Å². The highest BCUT2D eigenvalue weighted by molar-refractivity contribution is 5.97. The minimum absolute atomic E-state index is 0.116. The normalized spacial score (nSPS) is 29.8. The second-order valence-corrected chi connectivity index (χ2v) is 9.10. The monoisotopic (exact) mass is 433 g/mol. The van der Waals surface area contributed by atoms with Gasteiger partial charge in [-0.25, -0.2) is 13.6 Å². The molecular formula is C22H25F2N3O4. The van der Waals surface area contributed by atoms with Gasteiger partial charge in [0.15, 0.2) is 11.6 Å². The molecule has 0 bridgehead atoms. The minimum Gasteiger partial charge on any atom is -0.492 e. The smallest absolute Gasteiger partial charge is 0.341 e. The average molecular weight is 433 g/mol. The Labute approximate surface area is 177 Å². The van der Waals surface area contributed by atoms with Crippen molar-refractivity contribution >= 4 is 22.6 Å². The SMILES string of the molecule is COc1c(N2C[C@@H]3CCCC[C@@]3(N)C2)c(F)cc2c(=O)c(C(=O)O)cn([C@@H]3C[C@@H]3F)c12. The number of aromatic carboxylic acids is 1. The van der Waals surface area contributed by atoms with Crippen LogP contribution >= 0.6 is 0 Å². The van der Waals surface area contributed by atoms with Crippen molar-refractivity contribution in [3.63, 3.8) is 0 Å². The molecule has 3 fully saturated rings. The van der Waals surface area contributed by atoms with E-state index in [0.29, 0.717) is 13.1 Å². The number of nitrogens with two attached hydrogens (primary N) is 1. The van der Waals surface area contributed by atoms with E-state index < -0.39 is 40.5 Å². The first kappa shape index (κ1) is 20.2. The fourth-order valence-corrected chi connectivity index (χ4v) is 5.46. The summed E-state index contributed by atoms with van der Waals surface area (Å²) in [6, 6.07) is 0.439. The maximum absolute atomic E-state index is 15.4. The lowest BCUT2D eigenvalue weighted by atomic mass is 9.76. The second-order valence-electron chi connectivity index (χ2n) is 9.10. The van der Waals surface area contributed by atoms with Crippen molar-refractivity contribution in [2.45, 2.75) is 49.9 Å². The molecule has 166 valence electrons. The molecule has 4 atom stereocenters. The number of methoxy groups -OCH3 is 1. The van der Waals surface area contributed by atoms with Gasteiger partial charge in [0.1, 0.15) is 17.4 Å². The first-order valence-electron chi connectivity index (χ1n) is 10.6. The predicted molar refractivity (Wildman–Crippen MR) is 111 cm³/mol. The minimum atomic E-state index is -1.44. The van der Waals surface area contributed by atoms with E-state index in [1.54, 1.807) is 0 Å². The van der Waals surface area contributed by atoms with Crippen LogP contribution in [0.1, 0.15) is 48.5 Å². The molecule has 2 saturated carbocycles. The number of ether oxygens (including phenoxy) is 1. The molecule has 31 heavy (non-hydrogen) atoms. The highest BCUT2D eigenvalue weighted by Gasteiger charge is 2.47. The number of benzene rings is 1. The highest BCUT2D eigenvalue weighted by Crippen LogP contribution is 2.47. The molecule has 0 radical (unpaired) electrons. The Morgan fingerprint density at radius 2 is 2.13 bits per heavy atom. The van der Waals surface area contributed by atoms with Gasteiger partial charge in [0.2, 0.25) is 5.43 Å². The molecule has 3 N–H and O–H groups in total. The Morgan fingerprint density at radius 1 is 1.39 bits per heavy atom. The Bertz CT molecular complexity index is 1150. The molecule has 9 heteroatoms. The zero-order valence-electron chi connectivity index (χ0n) is 17.2. The molecule has 2 heterocycles. The van der Waals surface area contributed by atoms with E-state index in [1.807, 2.05) is 4.90 Å². The van der Waals surface area contributed by atoms with E-state index in [0.717, 1.165) is 37.9 Å². The third-order valence-corrected chi connectivity index (χ3v) is 7.17. The first-order chi connectivity index (χ1) is 14.7. The molecule has 1 aliphatic heterocycles. The third-order valence-electron chi connectivity index (χ3n) is 7.17. The lowest BCUT2D eigenvalue weighted by molar-refractivity contribution is 0.0694. The van der Waals surface area contributed by atoms with Gasteiger partial charge in [-0.05, 0) is 24.8 Å². The number of halogens is 2. The summed E-state index contributed by atoms with van der Waals surface area (Å²) < 4.78 is 36.4. The third kappa shape index (κ3) is 3.01. The van der Waals surface area contributed by atoms with Crippen LogP contribution in [0.2, 0.25) is 0 Å². The van der Waals surface area contributed by atoms with Gasteiger partial charge >= 0.3 is 5.97 Å². The van der Waals surface area contributed by atoms with Crippen LogP contribution in [-0.4, -0.2) is 47.6 Å². The number of nitrogens with zero attached hydrogens (tertiary/aromatic N) is 2. The summed E-state index contributed by atoms with van der Waals surface area (Å²) in [7, 11) is 1.37. The van der Waals surface area contributed by atoms with Gasteiger partial charge < -0.3 is 25.0 Å². The number of hydrogen-bond donors (Lipinski definition) is 2. The number of alkyl halides is 1. The Morgan fingerprint density at radius 3 is 2.74 bits per heavy atom. The fraction of sp³-hybridized carbons (Fsp3) is 0.545. The van der Waals surface area contributed by atoms with Crippen LogP contribution in [0.3, 0.4) is 0 Å². The summed E-state index contributed by atoms with van der Waals surface area (Å²) in [5.41, 5.74) is 5.33. The molecule has 1 aromatic carbocycles.